The van der Waals surface area contributed by atoms with E-state index in [9.17, 15) is 9.59 Å². The van der Waals surface area contributed by atoms with Gasteiger partial charge in [-0.05, 0) is 37.0 Å². The Bertz CT molecular complexity index is 609. The van der Waals surface area contributed by atoms with Crippen LogP contribution in [-0.4, -0.2) is 53.9 Å². The van der Waals surface area contributed by atoms with Crippen molar-refractivity contribution in [2.24, 2.45) is 5.41 Å². The molecule has 1 aliphatic rings. The number of ether oxygens (including phenoxy) is 1. The highest BCUT2D eigenvalue weighted by Gasteiger charge is 2.26. The molecule has 1 heterocycles. The lowest BCUT2D eigenvalue weighted by Crippen LogP contribution is -2.51. The van der Waals surface area contributed by atoms with Crippen molar-refractivity contribution in [2.75, 3.05) is 26.2 Å². The number of hydrogen-bond donors (Lipinski definition) is 0. The van der Waals surface area contributed by atoms with Crippen molar-refractivity contribution in [3.63, 3.8) is 0 Å². The van der Waals surface area contributed by atoms with E-state index in [2.05, 4.69) is 20.8 Å². The van der Waals surface area contributed by atoms with Crippen LogP contribution in [0.1, 0.15) is 46.6 Å². The molecule has 5 nitrogen and oxygen atoms in total. The van der Waals surface area contributed by atoms with Gasteiger partial charge in [-0.1, -0.05) is 32.9 Å². The summed E-state index contributed by atoms with van der Waals surface area (Å²) in [5, 5.41) is 0. The van der Waals surface area contributed by atoms with Gasteiger partial charge in [0.05, 0.1) is 12.5 Å². The second kappa shape index (κ2) is 8.56. The van der Waals surface area contributed by atoms with Gasteiger partial charge < -0.3 is 14.5 Å². The Kier molecular flexibility index (Phi) is 6.68. The number of benzene rings is 1. The van der Waals surface area contributed by atoms with Crippen molar-refractivity contribution in [3.05, 3.63) is 29.8 Å². The third kappa shape index (κ3) is 6.36. The van der Waals surface area contributed by atoms with Crippen LogP contribution in [0, 0.1) is 5.41 Å². The van der Waals surface area contributed by atoms with E-state index in [1.165, 1.54) is 0 Å². The number of carbonyl (C=O) groups is 2. The zero-order chi connectivity index (χ0) is 19.3. The van der Waals surface area contributed by atoms with Crippen LogP contribution in [0.4, 0.5) is 0 Å². The largest absolute Gasteiger partial charge is 0.491 e. The topological polar surface area (TPSA) is 49.9 Å². The fourth-order valence-electron chi connectivity index (χ4n) is 3.02. The van der Waals surface area contributed by atoms with Gasteiger partial charge >= 0.3 is 0 Å². The van der Waals surface area contributed by atoms with Crippen molar-refractivity contribution in [2.45, 2.75) is 53.6 Å². The molecule has 2 rings (SSSR count). The van der Waals surface area contributed by atoms with Gasteiger partial charge in [0.2, 0.25) is 11.8 Å². The van der Waals surface area contributed by atoms with Crippen LogP contribution in [-0.2, 0) is 16.0 Å². The second-order valence-electron chi connectivity index (χ2n) is 8.49. The minimum Gasteiger partial charge on any atom is -0.491 e. The van der Waals surface area contributed by atoms with E-state index in [1.54, 1.807) is 0 Å². The van der Waals surface area contributed by atoms with Crippen LogP contribution < -0.4 is 4.74 Å². The fraction of sp³-hybridized carbons (Fsp3) is 0.619. The Hall–Kier alpha value is -2.04. The molecule has 0 aromatic heterocycles. The SMILES string of the molecule is CC(C)Oc1ccc(CC(=O)N2CCN(C(=O)CC(C)(C)C)CC2)cc1. The van der Waals surface area contributed by atoms with E-state index in [0.717, 1.165) is 11.3 Å². The molecular weight excluding hydrogens is 328 g/mol. The highest BCUT2D eigenvalue weighted by molar-refractivity contribution is 5.80. The maximum atomic E-state index is 12.5. The zero-order valence-electron chi connectivity index (χ0n) is 16.7. The summed E-state index contributed by atoms with van der Waals surface area (Å²) in [7, 11) is 0. The summed E-state index contributed by atoms with van der Waals surface area (Å²) in [6, 6.07) is 7.70. The first kappa shape index (κ1) is 20.3. The van der Waals surface area contributed by atoms with Crippen LogP contribution in [0.5, 0.6) is 5.75 Å². The molecule has 1 aromatic rings. The molecule has 144 valence electrons. The van der Waals surface area contributed by atoms with E-state index >= 15 is 0 Å². The predicted octanol–water partition coefficient (Wildman–Crippen LogP) is 3.12. The molecule has 0 spiro atoms. The molecule has 0 bridgehead atoms. The number of rotatable bonds is 5. The quantitative estimate of drug-likeness (QED) is 0.811. The number of hydrogen-bond acceptors (Lipinski definition) is 3. The Morgan fingerprint density at radius 1 is 0.962 bits per heavy atom. The Balaban J connectivity index is 1.82. The minimum atomic E-state index is -0.00448. The molecule has 1 aliphatic heterocycles. The van der Waals surface area contributed by atoms with Gasteiger partial charge in [0, 0.05) is 32.6 Å². The van der Waals surface area contributed by atoms with Crippen LogP contribution in [0.25, 0.3) is 0 Å². The van der Waals surface area contributed by atoms with Gasteiger partial charge in [0.15, 0.2) is 0 Å². The third-order valence-corrected chi connectivity index (χ3v) is 4.32. The number of amides is 2. The van der Waals surface area contributed by atoms with Crippen molar-refractivity contribution >= 4 is 11.8 Å². The molecule has 0 atom stereocenters. The van der Waals surface area contributed by atoms with Gasteiger partial charge in [-0.25, -0.2) is 0 Å². The number of carbonyl (C=O) groups excluding carboxylic acids is 2. The van der Waals surface area contributed by atoms with E-state index < -0.39 is 0 Å². The lowest BCUT2D eigenvalue weighted by Gasteiger charge is -2.36. The minimum absolute atomic E-state index is 0.00448. The van der Waals surface area contributed by atoms with Crippen LogP contribution >= 0.6 is 0 Å². The Labute approximate surface area is 157 Å². The van der Waals surface area contributed by atoms with Crippen molar-refractivity contribution in [3.8, 4) is 5.75 Å². The average molecular weight is 360 g/mol. The molecule has 5 heteroatoms. The normalized spacial score (nSPS) is 15.3. The summed E-state index contributed by atoms with van der Waals surface area (Å²) in [5.41, 5.74) is 0.979. The maximum Gasteiger partial charge on any atom is 0.227 e. The van der Waals surface area contributed by atoms with Crippen LogP contribution in [0.3, 0.4) is 0 Å². The van der Waals surface area contributed by atoms with E-state index in [0.29, 0.717) is 39.0 Å². The van der Waals surface area contributed by atoms with Crippen molar-refractivity contribution < 1.29 is 14.3 Å². The lowest BCUT2D eigenvalue weighted by atomic mass is 9.91. The second-order valence-corrected chi connectivity index (χ2v) is 8.49. The summed E-state index contributed by atoms with van der Waals surface area (Å²) >= 11 is 0. The average Bonchev–Trinajstić information content (AvgIpc) is 2.55. The number of nitrogens with zero attached hydrogens (tertiary/aromatic N) is 2. The first-order chi connectivity index (χ1) is 12.1. The van der Waals surface area contributed by atoms with Crippen molar-refractivity contribution in [1.29, 1.82) is 0 Å². The van der Waals surface area contributed by atoms with Crippen LogP contribution in [0.15, 0.2) is 24.3 Å². The van der Waals surface area contributed by atoms with Crippen molar-refractivity contribution in [1.82, 2.24) is 9.80 Å². The Morgan fingerprint density at radius 3 is 1.92 bits per heavy atom. The molecule has 1 fully saturated rings. The molecular formula is C21H32N2O3. The molecule has 26 heavy (non-hydrogen) atoms. The van der Waals surface area contributed by atoms with Crippen LogP contribution in [0.2, 0.25) is 0 Å². The first-order valence-corrected chi connectivity index (χ1v) is 9.45. The fourth-order valence-corrected chi connectivity index (χ4v) is 3.02. The standard InChI is InChI=1S/C21H32N2O3/c1-16(2)26-18-8-6-17(7-9-18)14-19(24)22-10-12-23(13-11-22)20(25)15-21(3,4)5/h6-9,16H,10-15H2,1-5H3. The predicted molar refractivity (Wildman–Crippen MR) is 103 cm³/mol. The highest BCUT2D eigenvalue weighted by atomic mass is 16.5. The first-order valence-electron chi connectivity index (χ1n) is 9.45. The number of piperazine rings is 1. The molecule has 1 saturated heterocycles. The van der Waals surface area contributed by atoms with Gasteiger partial charge in [-0.2, -0.15) is 0 Å². The highest BCUT2D eigenvalue weighted by Crippen LogP contribution is 2.20. The summed E-state index contributed by atoms with van der Waals surface area (Å²) in [6.07, 6.45) is 1.07. The molecule has 1 aromatic carbocycles. The molecule has 0 aliphatic carbocycles. The summed E-state index contributed by atoms with van der Waals surface area (Å²) in [6.45, 7) is 12.7. The monoisotopic (exact) mass is 360 g/mol. The van der Waals surface area contributed by atoms with E-state index in [-0.39, 0.29) is 23.3 Å². The lowest BCUT2D eigenvalue weighted by molar-refractivity contribution is -0.140. The zero-order valence-corrected chi connectivity index (χ0v) is 16.7. The molecule has 0 radical (unpaired) electrons. The van der Waals surface area contributed by atoms with Gasteiger partial charge in [0.25, 0.3) is 0 Å². The summed E-state index contributed by atoms with van der Waals surface area (Å²) < 4.78 is 5.63. The maximum absolute atomic E-state index is 12.5. The third-order valence-electron chi connectivity index (χ3n) is 4.32. The molecule has 0 saturated carbocycles. The van der Waals surface area contributed by atoms with E-state index in [4.69, 9.17) is 4.74 Å². The molecule has 0 N–H and O–H groups in total. The van der Waals surface area contributed by atoms with Gasteiger partial charge in [0.1, 0.15) is 5.75 Å². The Morgan fingerprint density at radius 2 is 1.46 bits per heavy atom. The smallest absolute Gasteiger partial charge is 0.227 e. The van der Waals surface area contributed by atoms with Gasteiger partial charge in [-0.3, -0.25) is 9.59 Å². The summed E-state index contributed by atoms with van der Waals surface area (Å²) in [4.78, 5) is 28.6. The van der Waals surface area contributed by atoms with Gasteiger partial charge in [-0.15, -0.1) is 0 Å². The van der Waals surface area contributed by atoms with E-state index in [1.807, 2.05) is 47.9 Å². The summed E-state index contributed by atoms with van der Waals surface area (Å²) in [5.74, 6) is 1.12. The molecule has 0 unspecified atom stereocenters. The molecule has 2 amide bonds.